The molecule has 0 bridgehead atoms. The van der Waals surface area contributed by atoms with E-state index in [0.29, 0.717) is 0 Å². The molecule has 3 rings (SSSR count). The van der Waals surface area contributed by atoms with E-state index in [1.165, 1.54) is 9.44 Å². The molecule has 3 aliphatic heterocycles. The van der Waals surface area contributed by atoms with Gasteiger partial charge in [-0.15, -0.1) is 0 Å². The highest BCUT2D eigenvalue weighted by molar-refractivity contribution is 7.84. The maximum atomic E-state index is 12.4. The molecule has 0 saturated carbocycles. The molecule has 12 N–H and O–H groups in total. The molecule has 3 heterocycles. The Kier molecular flexibility index (Phi) is 17.8. The Bertz CT molecular complexity index is 1980. The summed E-state index contributed by atoms with van der Waals surface area (Å²) in [5.41, 5.74) is 0. The van der Waals surface area contributed by atoms with Crippen LogP contribution in [0.25, 0.3) is 0 Å². The molecule has 3 aliphatic rings. The molecule has 59 heavy (non-hydrogen) atoms. The second-order valence-corrected chi connectivity index (χ2v) is 18.2. The van der Waals surface area contributed by atoms with E-state index in [9.17, 15) is 86.1 Å². The van der Waals surface area contributed by atoms with E-state index in [1.54, 1.807) is 0 Å². The molecule has 0 amide bonds. The maximum absolute atomic E-state index is 12.4. The van der Waals surface area contributed by atoms with E-state index >= 15 is 0 Å². The molecule has 0 aromatic carbocycles. The molecule has 32 nitrogen and oxygen atoms in total. The number of hydrogen-bond donors (Lipinski definition) is 12. The minimum absolute atomic E-state index is 0.727. The molecular weight excluding hydrogens is 933 g/mol. The van der Waals surface area contributed by atoms with Crippen molar-refractivity contribution in [3.05, 3.63) is 0 Å². The number of ether oxygens (including phenoxy) is 6. The minimum Gasteiger partial charge on any atom is -0.479 e. The largest absolute Gasteiger partial charge is 0.479 e. The lowest BCUT2D eigenvalue weighted by Crippen LogP contribution is -2.68. The Labute approximate surface area is 334 Å². The summed E-state index contributed by atoms with van der Waals surface area (Å²) in [6.45, 7) is -5.27. The lowest BCUT2D eigenvalue weighted by atomic mass is 9.89. The summed E-state index contributed by atoms with van der Waals surface area (Å²) in [5, 5.41) is 52.9. The second-order valence-electron chi connectivity index (χ2n) is 12.6. The molecule has 0 radical (unpaired) electrons. The van der Waals surface area contributed by atoms with E-state index < -0.39 is 182 Å². The van der Waals surface area contributed by atoms with Crippen LogP contribution in [0.2, 0.25) is 0 Å². The molecule has 0 aromatic heterocycles. The Morgan fingerprint density at radius 1 is 0.576 bits per heavy atom. The van der Waals surface area contributed by atoms with Crippen LogP contribution in [0.4, 0.5) is 0 Å². The zero-order valence-electron chi connectivity index (χ0n) is 29.4. The van der Waals surface area contributed by atoms with Crippen molar-refractivity contribution in [1.29, 1.82) is 0 Å². The predicted molar refractivity (Wildman–Crippen MR) is 177 cm³/mol. The Balaban J connectivity index is 1.93. The topological polar surface area (TPSA) is 497 Å². The molecule has 348 valence electrons. The number of aliphatic hydroxyl groups excluding tert-OH is 4. The number of hydrogen-bond acceptors (Lipinski definition) is 24. The van der Waals surface area contributed by atoms with Gasteiger partial charge in [0.25, 0.3) is 0 Å². The Morgan fingerprint density at radius 2 is 1.08 bits per heavy atom. The van der Waals surface area contributed by atoms with Crippen molar-refractivity contribution in [2.75, 3.05) is 40.1 Å². The third-order valence-corrected chi connectivity index (χ3v) is 10.9. The number of aliphatic carboxylic acids is 1. The summed E-state index contributed by atoms with van der Waals surface area (Å²) in [6, 6.07) is -4.19. The monoisotopic (exact) mass is 972 g/mol. The van der Waals surface area contributed by atoms with Crippen LogP contribution in [-0.4, -0.2) is 222 Å². The van der Waals surface area contributed by atoms with Crippen LogP contribution in [0.15, 0.2) is 0 Å². The normalized spacial score (nSPS) is 36.6. The fourth-order valence-corrected chi connectivity index (χ4v) is 8.46. The Hall–Kier alpha value is -1.58. The first-order valence-electron chi connectivity index (χ1n) is 15.8. The number of carboxylic acids is 1. The highest BCUT2D eigenvalue weighted by Gasteiger charge is 2.55. The summed E-state index contributed by atoms with van der Waals surface area (Å²) in [7, 11) is -25.8. The highest BCUT2D eigenvalue weighted by Crippen LogP contribution is 2.34. The summed E-state index contributed by atoms with van der Waals surface area (Å²) in [4.78, 5) is 12.4. The van der Waals surface area contributed by atoms with Gasteiger partial charge in [0.1, 0.15) is 54.9 Å². The third-order valence-electron chi connectivity index (χ3n) is 8.40. The predicted octanol–water partition coefficient (Wildman–Crippen LogP) is -8.21. The maximum Gasteiger partial charge on any atom is 0.397 e. The highest BCUT2D eigenvalue weighted by atomic mass is 32.3. The smallest absolute Gasteiger partial charge is 0.397 e. The van der Waals surface area contributed by atoms with Gasteiger partial charge in [-0.1, -0.05) is 0 Å². The van der Waals surface area contributed by atoms with Crippen LogP contribution in [0.3, 0.4) is 0 Å². The minimum atomic E-state index is -5.70. The second kappa shape index (κ2) is 20.3. The van der Waals surface area contributed by atoms with Crippen LogP contribution in [-0.2, 0) is 97.6 Å². The van der Waals surface area contributed by atoms with Gasteiger partial charge in [-0.05, 0) is 0 Å². The summed E-state index contributed by atoms with van der Waals surface area (Å²) >= 11 is 0. The molecule has 0 aromatic rings. The number of rotatable bonds is 21. The number of aliphatic hydroxyl groups is 4. The van der Waals surface area contributed by atoms with Gasteiger partial charge in [-0.2, -0.15) is 51.5 Å². The standard InChI is InChI=1S/C22H40N2O30S5/c1-46-3-8-13(24-56(34,35)36)20(54-59(43,44)45)19(11(51-8)6-49-58(40,41)42)53-22-17(28)14(25)7(18(52-22)21(29)30)2-47-4-9-12(23-55(31,32)33)16(27)15(26)10(50-9)5-48-57(37,38)39/h7-20,22-28H,2-6H2,1H3,(H,29,30)(H,31,32,33)(H,34,35,36)(H,37,38,39)(H,40,41,42)(H,43,44,45). The Morgan fingerprint density at radius 3 is 1.58 bits per heavy atom. The molecule has 0 aliphatic carbocycles. The van der Waals surface area contributed by atoms with Gasteiger partial charge < -0.3 is 54.0 Å². The van der Waals surface area contributed by atoms with Crippen LogP contribution >= 0.6 is 0 Å². The van der Waals surface area contributed by atoms with Crippen molar-refractivity contribution in [2.45, 2.75) is 85.5 Å². The van der Waals surface area contributed by atoms with E-state index in [4.69, 9.17) is 37.5 Å². The molecule has 3 saturated heterocycles. The zero-order chi connectivity index (χ0) is 45.1. The summed E-state index contributed by atoms with van der Waals surface area (Å²) in [6.07, 6.45) is -26.5. The van der Waals surface area contributed by atoms with Crippen molar-refractivity contribution in [2.24, 2.45) is 5.92 Å². The van der Waals surface area contributed by atoms with E-state index in [2.05, 4.69) is 12.5 Å². The van der Waals surface area contributed by atoms with E-state index in [-0.39, 0.29) is 0 Å². The van der Waals surface area contributed by atoms with Crippen LogP contribution in [0.1, 0.15) is 0 Å². The summed E-state index contributed by atoms with van der Waals surface area (Å²) < 4.78 is 210. The van der Waals surface area contributed by atoms with Crippen molar-refractivity contribution in [1.82, 2.24) is 9.44 Å². The molecule has 15 unspecified atom stereocenters. The third kappa shape index (κ3) is 15.9. The van der Waals surface area contributed by atoms with Crippen LogP contribution in [0.5, 0.6) is 0 Å². The number of carboxylic acid groups (broad SMARTS) is 1. The summed E-state index contributed by atoms with van der Waals surface area (Å²) in [5.74, 6) is -3.85. The van der Waals surface area contributed by atoms with Gasteiger partial charge in [-0.25, -0.2) is 17.3 Å². The lowest BCUT2D eigenvalue weighted by Gasteiger charge is -2.48. The first-order chi connectivity index (χ1) is 26.8. The van der Waals surface area contributed by atoms with Crippen molar-refractivity contribution in [3.63, 3.8) is 0 Å². The first kappa shape index (κ1) is 51.8. The van der Waals surface area contributed by atoms with Gasteiger partial charge in [0.15, 0.2) is 12.4 Å². The van der Waals surface area contributed by atoms with Gasteiger partial charge >= 0.3 is 57.8 Å². The molecule has 15 atom stereocenters. The van der Waals surface area contributed by atoms with Gasteiger partial charge in [-0.3, -0.25) is 22.8 Å². The average Bonchev–Trinajstić information content (AvgIpc) is 3.05. The quantitative estimate of drug-likeness (QED) is 0.0475. The zero-order valence-corrected chi connectivity index (χ0v) is 33.5. The number of nitrogens with one attached hydrogen (secondary N) is 2. The molecule has 37 heteroatoms. The van der Waals surface area contributed by atoms with Crippen LogP contribution in [0, 0.1) is 5.92 Å². The fourth-order valence-electron chi connectivity index (χ4n) is 6.07. The van der Waals surface area contributed by atoms with Crippen molar-refractivity contribution < 1.29 is 136 Å². The van der Waals surface area contributed by atoms with Crippen LogP contribution < -0.4 is 9.44 Å². The van der Waals surface area contributed by atoms with E-state index in [1.807, 2.05) is 0 Å². The van der Waals surface area contributed by atoms with Gasteiger partial charge in [0.05, 0.1) is 51.2 Å². The van der Waals surface area contributed by atoms with Gasteiger partial charge in [0.2, 0.25) is 0 Å². The number of methoxy groups -OCH3 is 1. The first-order valence-corrected chi connectivity index (χ1v) is 22.8. The SMILES string of the molecule is COCC1OC(COS(=O)(=O)O)C(OC2OC(C(=O)O)C(COCC3OC(COS(=O)(=O)O)C(O)C(O)C3NS(=O)(=O)O)C(O)C2O)C(OS(=O)(=O)O)C1NS(=O)(=O)O. The lowest BCUT2D eigenvalue weighted by molar-refractivity contribution is -0.326. The fraction of sp³-hybridized carbons (Fsp3) is 0.955. The van der Waals surface area contributed by atoms with Crippen molar-refractivity contribution in [3.8, 4) is 0 Å². The average molecular weight is 973 g/mol. The number of carbonyl (C=O) groups is 1. The van der Waals surface area contributed by atoms with Crippen molar-refractivity contribution >= 4 is 57.8 Å². The van der Waals surface area contributed by atoms with E-state index in [0.717, 1.165) is 7.11 Å². The molecule has 0 spiro atoms. The molecule has 3 fully saturated rings. The molecular formula is C22H40N2O30S5. The van der Waals surface area contributed by atoms with Gasteiger partial charge in [0, 0.05) is 13.0 Å².